The molecule has 0 aliphatic heterocycles. The van der Waals surface area contributed by atoms with Crippen LogP contribution < -0.4 is 5.73 Å². The average Bonchev–Trinajstić information content (AvgIpc) is 2.12. The highest BCUT2D eigenvalue weighted by Crippen LogP contribution is 2.36. The highest BCUT2D eigenvalue weighted by Gasteiger charge is 2.28. The first-order chi connectivity index (χ1) is 7.57. The maximum atomic E-state index is 13.7. The summed E-state index contributed by atoms with van der Waals surface area (Å²) < 4.78 is 13.7. The van der Waals surface area contributed by atoms with Crippen molar-refractivity contribution in [2.24, 2.45) is 5.73 Å². The molecule has 2 heteroatoms. The first-order valence-corrected chi connectivity index (χ1v) is 6.11. The molecule has 0 bridgehead atoms. The summed E-state index contributed by atoms with van der Waals surface area (Å²) in [5, 5.41) is 0. The predicted molar refractivity (Wildman–Crippen MR) is 71.7 cm³/mol. The van der Waals surface area contributed by atoms with E-state index in [9.17, 15) is 4.39 Å². The summed E-state index contributed by atoms with van der Waals surface area (Å²) in [6.07, 6.45) is 0. The third-order valence-electron chi connectivity index (χ3n) is 2.96. The molecule has 0 saturated carbocycles. The van der Waals surface area contributed by atoms with Gasteiger partial charge < -0.3 is 5.73 Å². The zero-order chi connectivity index (χ0) is 13.4. The van der Waals surface area contributed by atoms with E-state index in [0.717, 1.165) is 11.1 Å². The second-order valence-electron chi connectivity index (χ2n) is 6.69. The van der Waals surface area contributed by atoms with Crippen LogP contribution in [-0.4, -0.2) is 0 Å². The smallest absolute Gasteiger partial charge is 0.123 e. The molecule has 2 N–H and O–H groups in total. The molecule has 0 amide bonds. The van der Waals surface area contributed by atoms with Crippen LogP contribution in [0.15, 0.2) is 12.1 Å². The van der Waals surface area contributed by atoms with Crippen LogP contribution in [0, 0.1) is 5.82 Å². The Balaban J connectivity index is 3.63. The summed E-state index contributed by atoms with van der Waals surface area (Å²) in [4.78, 5) is 0. The number of rotatable bonds is 1. The van der Waals surface area contributed by atoms with Gasteiger partial charge in [-0.15, -0.1) is 0 Å². The Bertz CT molecular complexity index is 408. The maximum Gasteiger partial charge on any atom is 0.123 e. The second kappa shape index (κ2) is 4.41. The lowest BCUT2D eigenvalue weighted by atomic mass is 9.73. The maximum absolute atomic E-state index is 13.7. The van der Waals surface area contributed by atoms with Crippen molar-refractivity contribution in [3.05, 3.63) is 34.6 Å². The zero-order valence-electron chi connectivity index (χ0n) is 11.8. The Hall–Kier alpha value is -0.890. The van der Waals surface area contributed by atoms with Crippen LogP contribution in [0.2, 0.25) is 0 Å². The molecule has 0 unspecified atom stereocenters. The summed E-state index contributed by atoms with van der Waals surface area (Å²) in [7, 11) is 0. The van der Waals surface area contributed by atoms with Crippen LogP contribution in [0.4, 0.5) is 4.39 Å². The van der Waals surface area contributed by atoms with Gasteiger partial charge in [0.25, 0.3) is 0 Å². The van der Waals surface area contributed by atoms with Crippen molar-refractivity contribution in [3.8, 4) is 0 Å². The van der Waals surface area contributed by atoms with Crippen LogP contribution in [0.3, 0.4) is 0 Å². The lowest BCUT2D eigenvalue weighted by Gasteiger charge is -2.32. The van der Waals surface area contributed by atoms with Crippen molar-refractivity contribution < 1.29 is 4.39 Å². The van der Waals surface area contributed by atoms with Gasteiger partial charge in [-0.3, -0.25) is 0 Å². The molecular weight excluding hydrogens is 213 g/mol. The molecule has 0 aliphatic carbocycles. The van der Waals surface area contributed by atoms with Crippen molar-refractivity contribution in [3.63, 3.8) is 0 Å². The van der Waals surface area contributed by atoms with Crippen LogP contribution in [0.1, 0.15) is 58.2 Å². The molecule has 0 atom stereocenters. The molecule has 1 rings (SSSR count). The van der Waals surface area contributed by atoms with E-state index >= 15 is 0 Å². The van der Waals surface area contributed by atoms with Gasteiger partial charge in [0.1, 0.15) is 5.82 Å². The van der Waals surface area contributed by atoms with Gasteiger partial charge in [-0.1, -0.05) is 41.5 Å². The lowest BCUT2D eigenvalue weighted by Crippen LogP contribution is -2.25. The first kappa shape index (κ1) is 14.2. The molecule has 1 aromatic rings. The number of nitrogens with two attached hydrogens (primary N) is 1. The highest BCUT2D eigenvalue weighted by atomic mass is 19.1. The molecule has 0 radical (unpaired) electrons. The minimum atomic E-state index is -0.191. The summed E-state index contributed by atoms with van der Waals surface area (Å²) in [5.41, 5.74) is 8.83. The van der Waals surface area contributed by atoms with E-state index in [1.165, 1.54) is 5.56 Å². The van der Waals surface area contributed by atoms with Crippen molar-refractivity contribution in [1.29, 1.82) is 0 Å². The molecule has 0 fully saturated rings. The quantitative estimate of drug-likeness (QED) is 0.788. The molecule has 0 saturated heterocycles. The molecule has 17 heavy (non-hydrogen) atoms. The number of hydrogen-bond acceptors (Lipinski definition) is 1. The molecule has 0 spiro atoms. The number of halogens is 1. The zero-order valence-corrected chi connectivity index (χ0v) is 11.8. The van der Waals surface area contributed by atoms with E-state index in [2.05, 4.69) is 41.5 Å². The summed E-state index contributed by atoms with van der Waals surface area (Å²) in [5.74, 6) is -0.191. The fraction of sp³-hybridized carbons (Fsp3) is 0.600. The SMILES string of the molecule is CC(C)(C)c1cc(F)cc(CN)c1C(C)(C)C. The Morgan fingerprint density at radius 2 is 1.53 bits per heavy atom. The Kier molecular flexibility index (Phi) is 3.68. The Labute approximate surface area is 104 Å². The minimum Gasteiger partial charge on any atom is -0.326 e. The van der Waals surface area contributed by atoms with Crippen molar-refractivity contribution in [1.82, 2.24) is 0 Å². The fourth-order valence-corrected chi connectivity index (χ4v) is 2.30. The van der Waals surface area contributed by atoms with Gasteiger partial charge in [-0.2, -0.15) is 0 Å². The van der Waals surface area contributed by atoms with E-state index in [1.54, 1.807) is 12.1 Å². The van der Waals surface area contributed by atoms with Crippen LogP contribution in [0.25, 0.3) is 0 Å². The normalized spacial score (nSPS) is 12.9. The van der Waals surface area contributed by atoms with Gasteiger partial charge in [-0.05, 0) is 39.7 Å². The molecule has 1 nitrogen and oxygen atoms in total. The van der Waals surface area contributed by atoms with Crippen LogP contribution in [-0.2, 0) is 17.4 Å². The number of hydrogen-bond donors (Lipinski definition) is 1. The largest absolute Gasteiger partial charge is 0.326 e. The monoisotopic (exact) mass is 237 g/mol. The van der Waals surface area contributed by atoms with Gasteiger partial charge >= 0.3 is 0 Å². The summed E-state index contributed by atoms with van der Waals surface area (Å²) >= 11 is 0. The predicted octanol–water partition coefficient (Wildman–Crippen LogP) is 3.88. The van der Waals surface area contributed by atoms with Crippen LogP contribution in [0.5, 0.6) is 0 Å². The van der Waals surface area contributed by atoms with Gasteiger partial charge in [0.05, 0.1) is 0 Å². The van der Waals surface area contributed by atoms with Gasteiger partial charge in [0.2, 0.25) is 0 Å². The second-order valence-corrected chi connectivity index (χ2v) is 6.69. The molecule has 96 valence electrons. The molecule has 0 aromatic heterocycles. The van der Waals surface area contributed by atoms with E-state index in [0.29, 0.717) is 6.54 Å². The fourth-order valence-electron chi connectivity index (χ4n) is 2.30. The van der Waals surface area contributed by atoms with E-state index in [1.807, 2.05) is 0 Å². The van der Waals surface area contributed by atoms with Crippen molar-refractivity contribution >= 4 is 0 Å². The van der Waals surface area contributed by atoms with Crippen molar-refractivity contribution in [2.75, 3.05) is 0 Å². The van der Waals surface area contributed by atoms with Crippen molar-refractivity contribution in [2.45, 2.75) is 58.9 Å². The number of benzene rings is 1. The lowest BCUT2D eigenvalue weighted by molar-refractivity contribution is 0.515. The van der Waals surface area contributed by atoms with Gasteiger partial charge in [0.15, 0.2) is 0 Å². The molecule has 0 heterocycles. The molecule has 0 aliphatic rings. The standard InChI is InChI=1S/C15H24FN/c1-14(2,3)12-8-11(16)7-10(9-17)13(12)15(4,5)6/h7-8H,9,17H2,1-6H3. The highest BCUT2D eigenvalue weighted by molar-refractivity contribution is 5.44. The average molecular weight is 237 g/mol. The third-order valence-corrected chi connectivity index (χ3v) is 2.96. The minimum absolute atomic E-state index is 0.0228. The van der Waals surface area contributed by atoms with Gasteiger partial charge in [0, 0.05) is 6.54 Å². The first-order valence-electron chi connectivity index (χ1n) is 6.11. The third kappa shape index (κ3) is 3.06. The van der Waals surface area contributed by atoms with Crippen LogP contribution >= 0.6 is 0 Å². The van der Waals surface area contributed by atoms with E-state index in [4.69, 9.17) is 5.73 Å². The molecule has 1 aromatic carbocycles. The Morgan fingerprint density at radius 3 is 1.88 bits per heavy atom. The topological polar surface area (TPSA) is 26.0 Å². The summed E-state index contributed by atoms with van der Waals surface area (Å²) in [6, 6.07) is 3.22. The van der Waals surface area contributed by atoms with E-state index in [-0.39, 0.29) is 16.6 Å². The van der Waals surface area contributed by atoms with Gasteiger partial charge in [-0.25, -0.2) is 4.39 Å². The summed E-state index contributed by atoms with van der Waals surface area (Å²) in [6.45, 7) is 13.2. The molecular formula is C15H24FN. The van der Waals surface area contributed by atoms with E-state index < -0.39 is 0 Å². The Morgan fingerprint density at radius 1 is 1.00 bits per heavy atom.